The van der Waals surface area contributed by atoms with Gasteiger partial charge in [-0.05, 0) is 63.4 Å². The molecule has 1 aromatic carbocycles. The monoisotopic (exact) mass is 461 g/mol. The van der Waals surface area contributed by atoms with Crippen molar-refractivity contribution in [1.82, 2.24) is 14.8 Å². The molecule has 0 radical (unpaired) electrons. The van der Waals surface area contributed by atoms with E-state index in [0.717, 1.165) is 16.9 Å². The van der Waals surface area contributed by atoms with Crippen LogP contribution in [0.4, 0.5) is 5.69 Å². The third-order valence-corrected chi connectivity index (χ3v) is 7.23. The standard InChI is InChI=1S/C20H23N5O4S2/c1-9-7-14(31(21,28)29)8-15(10(9)2)23-18(26)17-13(5)22-19(30-17)16-11(3)12(4)24-25(6)20(16)27/h7-8H,1-6H3,(H,23,26)(H2,21,28,29). The molecule has 0 saturated carbocycles. The van der Waals surface area contributed by atoms with E-state index < -0.39 is 15.9 Å². The number of nitrogens with two attached hydrogens (primary N) is 1. The minimum atomic E-state index is -3.93. The van der Waals surface area contributed by atoms with Gasteiger partial charge in [-0.25, -0.2) is 23.2 Å². The number of nitrogens with one attached hydrogen (secondary N) is 1. The van der Waals surface area contributed by atoms with Crippen molar-refractivity contribution in [3.05, 3.63) is 55.4 Å². The van der Waals surface area contributed by atoms with Crippen molar-refractivity contribution in [1.29, 1.82) is 0 Å². The number of carbonyl (C=O) groups is 1. The summed E-state index contributed by atoms with van der Waals surface area (Å²) in [7, 11) is -2.36. The fourth-order valence-corrected chi connectivity index (χ4v) is 4.79. The zero-order valence-electron chi connectivity index (χ0n) is 18.0. The summed E-state index contributed by atoms with van der Waals surface area (Å²) in [5.74, 6) is -0.449. The minimum absolute atomic E-state index is 0.0843. The number of aryl methyl sites for hydroxylation is 4. The Labute approximate surface area is 184 Å². The minimum Gasteiger partial charge on any atom is -0.321 e. The highest BCUT2D eigenvalue weighted by atomic mass is 32.2. The van der Waals surface area contributed by atoms with Crippen molar-refractivity contribution >= 4 is 33.0 Å². The van der Waals surface area contributed by atoms with E-state index in [-0.39, 0.29) is 10.5 Å². The lowest BCUT2D eigenvalue weighted by molar-refractivity contribution is 0.102. The summed E-state index contributed by atoms with van der Waals surface area (Å²) in [6.07, 6.45) is 0. The summed E-state index contributed by atoms with van der Waals surface area (Å²) in [6, 6.07) is 2.79. The first-order chi connectivity index (χ1) is 14.3. The average molecular weight is 462 g/mol. The molecule has 3 aromatic rings. The second-order valence-corrected chi connectivity index (χ2v) is 9.92. The predicted octanol–water partition coefficient (Wildman–Crippen LogP) is 2.35. The summed E-state index contributed by atoms with van der Waals surface area (Å²) >= 11 is 1.10. The van der Waals surface area contributed by atoms with Crippen molar-refractivity contribution in [2.24, 2.45) is 12.2 Å². The van der Waals surface area contributed by atoms with Crippen LogP contribution in [0.25, 0.3) is 10.6 Å². The Balaban J connectivity index is 2.05. The summed E-state index contributed by atoms with van der Waals surface area (Å²) < 4.78 is 24.8. The summed E-state index contributed by atoms with van der Waals surface area (Å²) in [5, 5.41) is 12.6. The first kappa shape index (κ1) is 22.8. The maximum atomic E-state index is 13.0. The molecule has 2 aromatic heterocycles. The number of benzene rings is 1. The number of primary sulfonamides is 1. The van der Waals surface area contributed by atoms with Crippen LogP contribution in [0.5, 0.6) is 0 Å². The van der Waals surface area contributed by atoms with E-state index in [2.05, 4.69) is 15.4 Å². The first-order valence-corrected chi connectivity index (χ1v) is 11.6. The average Bonchev–Trinajstić information content (AvgIpc) is 3.04. The van der Waals surface area contributed by atoms with Gasteiger partial charge in [0.1, 0.15) is 9.88 Å². The summed E-state index contributed by atoms with van der Waals surface area (Å²) in [4.78, 5) is 30.3. The van der Waals surface area contributed by atoms with Gasteiger partial charge in [0.15, 0.2) is 0 Å². The van der Waals surface area contributed by atoms with Crippen LogP contribution in [0.15, 0.2) is 21.8 Å². The van der Waals surface area contributed by atoms with E-state index in [1.165, 1.54) is 16.8 Å². The third kappa shape index (κ3) is 4.29. The summed E-state index contributed by atoms with van der Waals surface area (Å²) in [6.45, 7) is 8.79. The van der Waals surface area contributed by atoms with E-state index >= 15 is 0 Å². The van der Waals surface area contributed by atoms with Crippen molar-refractivity contribution in [2.45, 2.75) is 39.5 Å². The molecule has 0 aliphatic heterocycles. The fraction of sp³-hybridized carbons (Fsp3) is 0.300. The van der Waals surface area contributed by atoms with Crippen molar-refractivity contribution in [2.75, 3.05) is 5.32 Å². The first-order valence-electron chi connectivity index (χ1n) is 9.29. The summed E-state index contributed by atoms with van der Waals surface area (Å²) in [5.41, 5.74) is 3.72. The number of rotatable bonds is 4. The van der Waals surface area contributed by atoms with Gasteiger partial charge in [-0.15, -0.1) is 11.3 Å². The van der Waals surface area contributed by atoms with E-state index in [0.29, 0.717) is 43.7 Å². The second-order valence-electron chi connectivity index (χ2n) is 7.36. The Hall–Kier alpha value is -2.89. The van der Waals surface area contributed by atoms with Gasteiger partial charge in [0.05, 0.1) is 21.8 Å². The Bertz CT molecular complexity index is 1390. The zero-order valence-corrected chi connectivity index (χ0v) is 19.7. The second kappa shape index (κ2) is 7.98. The van der Waals surface area contributed by atoms with Crippen LogP contribution in [-0.4, -0.2) is 29.1 Å². The number of aromatic nitrogens is 3. The Morgan fingerprint density at radius 3 is 2.35 bits per heavy atom. The van der Waals surface area contributed by atoms with Gasteiger partial charge >= 0.3 is 0 Å². The van der Waals surface area contributed by atoms with Gasteiger partial charge in [0, 0.05) is 12.7 Å². The zero-order chi connectivity index (χ0) is 23.2. The topological polar surface area (TPSA) is 137 Å². The van der Waals surface area contributed by atoms with Crippen molar-refractivity contribution < 1.29 is 13.2 Å². The highest BCUT2D eigenvalue weighted by Gasteiger charge is 2.22. The van der Waals surface area contributed by atoms with Gasteiger partial charge in [-0.1, -0.05) is 0 Å². The molecule has 0 fully saturated rings. The molecule has 1 amide bonds. The van der Waals surface area contributed by atoms with Gasteiger partial charge in [0.2, 0.25) is 10.0 Å². The molecule has 0 aliphatic carbocycles. The van der Waals surface area contributed by atoms with Crippen molar-refractivity contribution in [3.8, 4) is 10.6 Å². The number of hydrogen-bond acceptors (Lipinski definition) is 7. The SMILES string of the molecule is Cc1cc(S(N)(=O)=O)cc(NC(=O)c2sc(-c3c(C)c(C)nn(C)c3=O)nc2C)c1C. The number of nitrogens with zero attached hydrogens (tertiary/aromatic N) is 3. The number of thiazole rings is 1. The van der Waals surface area contributed by atoms with Gasteiger partial charge in [-0.3, -0.25) is 9.59 Å². The maximum absolute atomic E-state index is 13.0. The highest BCUT2D eigenvalue weighted by Crippen LogP contribution is 2.30. The molecule has 164 valence electrons. The quantitative estimate of drug-likeness (QED) is 0.612. The number of hydrogen-bond donors (Lipinski definition) is 2. The third-order valence-electron chi connectivity index (χ3n) is 5.16. The predicted molar refractivity (Wildman–Crippen MR) is 120 cm³/mol. The molecule has 0 unspecified atom stereocenters. The molecule has 2 heterocycles. The molecule has 0 saturated heterocycles. The number of anilines is 1. The molecular formula is C20H23N5O4S2. The Morgan fingerprint density at radius 1 is 1.10 bits per heavy atom. The lowest BCUT2D eigenvalue weighted by Crippen LogP contribution is -2.23. The molecule has 0 aliphatic rings. The van der Waals surface area contributed by atoms with E-state index in [1.54, 1.807) is 41.7 Å². The molecule has 31 heavy (non-hydrogen) atoms. The smallest absolute Gasteiger partial charge is 0.277 e. The molecule has 3 rings (SSSR count). The number of carbonyl (C=O) groups excluding carboxylic acids is 1. The fourth-order valence-electron chi connectivity index (χ4n) is 3.11. The lowest BCUT2D eigenvalue weighted by atomic mass is 10.1. The van der Waals surface area contributed by atoms with E-state index in [4.69, 9.17) is 5.14 Å². The maximum Gasteiger partial charge on any atom is 0.277 e. The lowest BCUT2D eigenvalue weighted by Gasteiger charge is -2.12. The molecule has 9 nitrogen and oxygen atoms in total. The van der Waals surface area contributed by atoms with E-state index in [1.807, 2.05) is 0 Å². The van der Waals surface area contributed by atoms with Gasteiger partial charge < -0.3 is 5.32 Å². The molecular weight excluding hydrogens is 438 g/mol. The largest absolute Gasteiger partial charge is 0.321 e. The van der Waals surface area contributed by atoms with Crippen molar-refractivity contribution in [3.63, 3.8) is 0 Å². The molecule has 0 bridgehead atoms. The number of amides is 1. The molecule has 0 spiro atoms. The Kier molecular flexibility index (Phi) is 5.87. The van der Waals surface area contributed by atoms with Crippen LogP contribution < -0.4 is 16.0 Å². The molecule has 0 atom stereocenters. The number of sulfonamides is 1. The molecule has 11 heteroatoms. The van der Waals surface area contributed by atoms with Crippen LogP contribution in [0, 0.1) is 34.6 Å². The van der Waals surface area contributed by atoms with Gasteiger partial charge in [-0.2, -0.15) is 5.10 Å². The van der Waals surface area contributed by atoms with Crippen LogP contribution >= 0.6 is 11.3 Å². The van der Waals surface area contributed by atoms with Crippen LogP contribution in [0.2, 0.25) is 0 Å². The van der Waals surface area contributed by atoms with Crippen LogP contribution in [0.1, 0.15) is 37.7 Å². The Morgan fingerprint density at radius 2 is 1.74 bits per heavy atom. The van der Waals surface area contributed by atoms with E-state index in [9.17, 15) is 18.0 Å². The highest BCUT2D eigenvalue weighted by molar-refractivity contribution is 7.89. The van der Waals surface area contributed by atoms with Gasteiger partial charge in [0.25, 0.3) is 11.5 Å². The normalized spacial score (nSPS) is 11.6. The van der Waals surface area contributed by atoms with Crippen LogP contribution in [-0.2, 0) is 17.1 Å². The molecule has 3 N–H and O–H groups in total. The van der Waals surface area contributed by atoms with Crippen LogP contribution in [0.3, 0.4) is 0 Å².